The van der Waals surface area contributed by atoms with Gasteiger partial charge in [0.25, 0.3) is 5.69 Å². The lowest BCUT2D eigenvalue weighted by atomic mass is 10.2. The zero-order valence-corrected chi connectivity index (χ0v) is 10.3. The largest absolute Gasteiger partial charge is 0.269 e. The summed E-state index contributed by atoms with van der Waals surface area (Å²) in [6.07, 6.45) is 1.45. The number of nitro groups is 1. The predicted molar refractivity (Wildman–Crippen MR) is 69.7 cm³/mol. The van der Waals surface area contributed by atoms with Crippen LogP contribution in [0.4, 0.5) is 11.6 Å². The molecular formula is C10H8N8O2. The van der Waals surface area contributed by atoms with Crippen molar-refractivity contribution in [3.8, 4) is 0 Å². The minimum atomic E-state index is -0.482. The van der Waals surface area contributed by atoms with Crippen molar-refractivity contribution in [1.29, 1.82) is 0 Å². The lowest BCUT2D eigenvalue weighted by Crippen LogP contribution is -1.94. The van der Waals surface area contributed by atoms with Gasteiger partial charge in [0.15, 0.2) is 5.82 Å². The van der Waals surface area contributed by atoms with Gasteiger partial charge < -0.3 is 0 Å². The van der Waals surface area contributed by atoms with Gasteiger partial charge in [-0.25, -0.2) is 0 Å². The molecule has 1 aromatic carbocycles. The summed E-state index contributed by atoms with van der Waals surface area (Å²) in [5.74, 6) is 0.466. The maximum Gasteiger partial charge on any atom is 0.269 e. The standard InChI is InChI=1S/C10H8N8O2/c1-7-13-14-10(15-16-11)17(7)12-6-8-2-4-9(5-3-8)18(19)20/h2-6H,1H3/b12-6+. The molecule has 2 aromatic rings. The Morgan fingerprint density at radius 2 is 2.10 bits per heavy atom. The lowest BCUT2D eigenvalue weighted by molar-refractivity contribution is -0.384. The van der Waals surface area contributed by atoms with Gasteiger partial charge in [0.05, 0.1) is 11.1 Å². The fraction of sp³-hybridized carbons (Fsp3) is 0.100. The number of rotatable bonds is 4. The molecule has 0 N–H and O–H groups in total. The molecular weight excluding hydrogens is 264 g/mol. The first-order valence-electron chi connectivity index (χ1n) is 5.38. The lowest BCUT2D eigenvalue weighted by Gasteiger charge is -1.97. The normalized spacial score (nSPS) is 10.4. The first kappa shape index (κ1) is 13.2. The third-order valence-corrected chi connectivity index (χ3v) is 2.34. The van der Waals surface area contributed by atoms with Crippen molar-refractivity contribution in [1.82, 2.24) is 14.9 Å². The third-order valence-electron chi connectivity index (χ3n) is 2.34. The van der Waals surface area contributed by atoms with Crippen LogP contribution in [0.3, 0.4) is 0 Å². The summed E-state index contributed by atoms with van der Waals surface area (Å²) in [6.45, 7) is 1.65. The average Bonchev–Trinajstić information content (AvgIpc) is 2.78. The van der Waals surface area contributed by atoms with Crippen LogP contribution in [-0.4, -0.2) is 26.0 Å². The van der Waals surface area contributed by atoms with Crippen molar-refractivity contribution in [2.45, 2.75) is 6.92 Å². The van der Waals surface area contributed by atoms with Gasteiger partial charge in [0.2, 0.25) is 5.95 Å². The summed E-state index contributed by atoms with van der Waals surface area (Å²) >= 11 is 0. The Morgan fingerprint density at radius 1 is 1.40 bits per heavy atom. The Balaban J connectivity index is 2.27. The molecule has 2 rings (SSSR count). The number of azide groups is 1. The third kappa shape index (κ3) is 2.76. The molecule has 0 aliphatic rings. The molecule has 0 radical (unpaired) electrons. The van der Waals surface area contributed by atoms with Crippen molar-refractivity contribution >= 4 is 17.9 Å². The van der Waals surface area contributed by atoms with E-state index in [1.807, 2.05) is 0 Å². The minimum absolute atomic E-state index is 0.00241. The molecule has 0 bridgehead atoms. The maximum absolute atomic E-state index is 10.5. The molecule has 0 saturated heterocycles. The van der Waals surface area contributed by atoms with E-state index in [9.17, 15) is 10.1 Å². The molecule has 0 amide bonds. The van der Waals surface area contributed by atoms with Crippen LogP contribution < -0.4 is 0 Å². The predicted octanol–water partition coefficient (Wildman–Crippen LogP) is 2.32. The second-order valence-electron chi connectivity index (χ2n) is 3.64. The van der Waals surface area contributed by atoms with E-state index < -0.39 is 4.92 Å². The van der Waals surface area contributed by atoms with Crippen molar-refractivity contribution in [2.75, 3.05) is 0 Å². The highest BCUT2D eigenvalue weighted by Gasteiger charge is 2.05. The van der Waals surface area contributed by atoms with Crippen molar-refractivity contribution in [3.63, 3.8) is 0 Å². The van der Waals surface area contributed by atoms with E-state index in [2.05, 4.69) is 25.3 Å². The summed E-state index contributed by atoms with van der Waals surface area (Å²) in [7, 11) is 0. The first-order chi connectivity index (χ1) is 9.61. The summed E-state index contributed by atoms with van der Waals surface area (Å²) in [6, 6.07) is 5.84. The van der Waals surface area contributed by atoms with Crippen molar-refractivity contribution < 1.29 is 4.92 Å². The van der Waals surface area contributed by atoms with Crippen LogP contribution in [0.5, 0.6) is 0 Å². The van der Waals surface area contributed by atoms with Crippen LogP contribution >= 0.6 is 0 Å². The zero-order valence-electron chi connectivity index (χ0n) is 10.3. The van der Waals surface area contributed by atoms with E-state index in [0.717, 1.165) is 0 Å². The zero-order chi connectivity index (χ0) is 14.5. The van der Waals surface area contributed by atoms with Gasteiger partial charge in [-0.15, -0.1) is 10.2 Å². The van der Waals surface area contributed by atoms with Gasteiger partial charge in [0.1, 0.15) is 0 Å². The number of nitrogens with zero attached hydrogens (tertiary/aromatic N) is 8. The number of nitro benzene ring substituents is 1. The van der Waals surface area contributed by atoms with Crippen LogP contribution in [-0.2, 0) is 0 Å². The van der Waals surface area contributed by atoms with Crippen LogP contribution in [0.2, 0.25) is 0 Å². The van der Waals surface area contributed by atoms with Crippen molar-refractivity contribution in [3.05, 3.63) is 56.2 Å². The second kappa shape index (κ2) is 5.59. The number of benzene rings is 1. The quantitative estimate of drug-likeness (QED) is 0.210. The number of hydrogen-bond donors (Lipinski definition) is 0. The molecule has 1 aromatic heterocycles. The van der Waals surface area contributed by atoms with E-state index in [0.29, 0.717) is 11.4 Å². The Morgan fingerprint density at radius 3 is 2.70 bits per heavy atom. The molecule has 10 nitrogen and oxygen atoms in total. The van der Waals surface area contributed by atoms with Gasteiger partial charge in [0, 0.05) is 17.0 Å². The molecule has 20 heavy (non-hydrogen) atoms. The van der Waals surface area contributed by atoms with Gasteiger partial charge in [-0.3, -0.25) is 10.1 Å². The van der Waals surface area contributed by atoms with Gasteiger partial charge >= 0.3 is 0 Å². The van der Waals surface area contributed by atoms with E-state index in [1.165, 1.54) is 23.0 Å². The Kier molecular flexibility index (Phi) is 3.68. The van der Waals surface area contributed by atoms with E-state index in [-0.39, 0.29) is 11.6 Å². The molecule has 1 heterocycles. The fourth-order valence-electron chi connectivity index (χ4n) is 1.39. The van der Waals surface area contributed by atoms with Crippen molar-refractivity contribution in [2.24, 2.45) is 10.2 Å². The number of non-ortho nitro benzene ring substituents is 1. The summed E-state index contributed by atoms with van der Waals surface area (Å²) < 4.78 is 1.27. The van der Waals surface area contributed by atoms with Gasteiger partial charge in [-0.05, 0) is 35.3 Å². The molecule has 100 valence electrons. The highest BCUT2D eigenvalue weighted by molar-refractivity contribution is 5.79. The van der Waals surface area contributed by atoms with E-state index >= 15 is 0 Å². The van der Waals surface area contributed by atoms with Crippen LogP contribution in [0, 0.1) is 17.0 Å². The van der Waals surface area contributed by atoms with E-state index in [1.54, 1.807) is 19.1 Å². The smallest absolute Gasteiger partial charge is 0.258 e. The molecule has 0 fully saturated rings. The average molecular weight is 272 g/mol. The molecule has 10 heteroatoms. The molecule has 0 aliphatic carbocycles. The summed E-state index contributed by atoms with van der Waals surface area (Å²) in [5, 5.41) is 25.3. The molecule has 0 saturated carbocycles. The highest BCUT2D eigenvalue weighted by atomic mass is 16.6. The Hall–Kier alpha value is -3.26. The second-order valence-corrected chi connectivity index (χ2v) is 3.64. The van der Waals surface area contributed by atoms with Gasteiger partial charge in [-0.1, -0.05) is 0 Å². The number of hydrogen-bond acceptors (Lipinski definition) is 6. The summed E-state index contributed by atoms with van der Waals surface area (Å²) in [4.78, 5) is 12.7. The Bertz CT molecular complexity index is 711. The maximum atomic E-state index is 10.5. The van der Waals surface area contributed by atoms with E-state index in [4.69, 9.17) is 5.53 Å². The number of aromatic nitrogens is 3. The topological polar surface area (TPSA) is 135 Å². The van der Waals surface area contributed by atoms with Gasteiger partial charge in [-0.2, -0.15) is 9.78 Å². The molecule has 0 atom stereocenters. The van der Waals surface area contributed by atoms with Crippen LogP contribution in [0.1, 0.15) is 11.4 Å². The molecule has 0 aliphatic heterocycles. The van der Waals surface area contributed by atoms with Crippen LogP contribution in [0.25, 0.3) is 10.4 Å². The Labute approximate surface area is 112 Å². The fourth-order valence-corrected chi connectivity index (χ4v) is 1.39. The SMILES string of the molecule is Cc1nnc(N=[N+]=[N-])n1/N=C/c1ccc([N+](=O)[O-])cc1. The highest BCUT2D eigenvalue weighted by Crippen LogP contribution is 2.12. The first-order valence-corrected chi connectivity index (χ1v) is 5.38. The summed E-state index contributed by atoms with van der Waals surface area (Å²) in [5.41, 5.74) is 9.03. The molecule has 0 spiro atoms. The molecule has 0 unspecified atom stereocenters. The monoisotopic (exact) mass is 272 g/mol. The minimum Gasteiger partial charge on any atom is -0.258 e. The van der Waals surface area contributed by atoms with Crippen LogP contribution in [0.15, 0.2) is 34.5 Å². The number of aryl methyl sites for hydroxylation is 1.